The fraction of sp³-hybridized carbons (Fsp3) is 0.600. The van der Waals surface area contributed by atoms with Crippen LogP contribution in [0, 0.1) is 11.8 Å². The van der Waals surface area contributed by atoms with Crippen molar-refractivity contribution in [3.63, 3.8) is 0 Å². The number of allylic oxidation sites excluding steroid dienone is 2. The average molecular weight is 412 g/mol. The lowest BCUT2D eigenvalue weighted by Crippen LogP contribution is -2.32. The van der Waals surface area contributed by atoms with Crippen LogP contribution in [-0.2, 0) is 16.0 Å². The smallest absolute Gasteiger partial charge is 0.407 e. The van der Waals surface area contributed by atoms with E-state index in [-0.39, 0.29) is 31.3 Å². The highest BCUT2D eigenvalue weighted by molar-refractivity contribution is 7.09. The molecule has 0 saturated heterocycles. The van der Waals surface area contributed by atoms with Gasteiger partial charge in [-0.15, -0.1) is 11.3 Å². The van der Waals surface area contributed by atoms with Crippen molar-refractivity contribution in [3.8, 4) is 0 Å². The summed E-state index contributed by atoms with van der Waals surface area (Å²) in [6.07, 6.45) is 4.86. The van der Waals surface area contributed by atoms with E-state index in [0.717, 1.165) is 6.42 Å². The van der Waals surface area contributed by atoms with E-state index < -0.39 is 24.3 Å². The first kappa shape index (κ1) is 22.4. The van der Waals surface area contributed by atoms with Gasteiger partial charge in [0.25, 0.3) is 0 Å². The molecule has 0 spiro atoms. The van der Waals surface area contributed by atoms with Gasteiger partial charge in [0, 0.05) is 23.8 Å². The Hall–Kier alpha value is -1.90. The van der Waals surface area contributed by atoms with Gasteiger partial charge in [0.15, 0.2) is 0 Å². The molecule has 1 aromatic heterocycles. The average Bonchev–Trinajstić information content (AvgIpc) is 3.24. The van der Waals surface area contributed by atoms with Gasteiger partial charge in [-0.2, -0.15) is 0 Å². The summed E-state index contributed by atoms with van der Waals surface area (Å²) >= 11 is 1.63. The van der Waals surface area contributed by atoms with Crippen LogP contribution in [0.3, 0.4) is 0 Å². The van der Waals surface area contributed by atoms with Crippen LogP contribution in [0.5, 0.6) is 0 Å². The van der Waals surface area contributed by atoms with E-state index in [9.17, 15) is 19.8 Å². The molecule has 7 nitrogen and oxygen atoms in total. The summed E-state index contributed by atoms with van der Waals surface area (Å²) in [5, 5.41) is 33.7. The van der Waals surface area contributed by atoms with Gasteiger partial charge in [0.05, 0.1) is 18.8 Å². The lowest BCUT2D eigenvalue weighted by atomic mass is 9.91. The summed E-state index contributed by atoms with van der Waals surface area (Å²) in [6, 6.07) is 3.97. The number of carboxylic acid groups (broad SMARTS) is 1. The number of aliphatic hydroxyl groups excluding tert-OH is 2. The Balaban J connectivity index is 1.70. The Kier molecular flexibility index (Phi) is 9.46. The number of hydrogen-bond donors (Lipinski definition) is 4. The Morgan fingerprint density at radius 3 is 2.75 bits per heavy atom. The highest BCUT2D eigenvalue weighted by Gasteiger charge is 2.41. The molecule has 8 heteroatoms. The molecular formula is C20H29NO6S. The number of carbonyl (C=O) groups excluding carboxylic acids is 1. The quantitative estimate of drug-likeness (QED) is 0.329. The van der Waals surface area contributed by atoms with E-state index in [1.807, 2.05) is 29.7 Å². The molecule has 28 heavy (non-hydrogen) atoms. The van der Waals surface area contributed by atoms with Gasteiger partial charge in [-0.25, -0.2) is 4.79 Å². The number of carbonyl (C=O) groups is 2. The van der Waals surface area contributed by atoms with Crippen LogP contribution in [-0.4, -0.2) is 52.7 Å². The van der Waals surface area contributed by atoms with E-state index in [0.29, 0.717) is 25.8 Å². The van der Waals surface area contributed by atoms with Crippen LogP contribution >= 0.6 is 11.3 Å². The molecule has 1 aromatic rings. The molecule has 156 valence electrons. The summed E-state index contributed by atoms with van der Waals surface area (Å²) in [7, 11) is 0. The molecule has 0 radical (unpaired) electrons. The second-order valence-corrected chi connectivity index (χ2v) is 8.08. The van der Waals surface area contributed by atoms with Crippen molar-refractivity contribution in [3.05, 3.63) is 34.5 Å². The Morgan fingerprint density at radius 2 is 2.04 bits per heavy atom. The normalized spacial score (nSPS) is 24.5. The number of ether oxygens (including phenoxy) is 1. The minimum atomic E-state index is -0.811. The second kappa shape index (κ2) is 11.8. The predicted molar refractivity (Wildman–Crippen MR) is 106 cm³/mol. The van der Waals surface area contributed by atoms with Crippen molar-refractivity contribution in [2.45, 2.75) is 50.7 Å². The number of unbranched alkanes of at least 4 members (excludes halogenated alkanes) is 1. The first-order valence-corrected chi connectivity index (χ1v) is 10.5. The highest BCUT2D eigenvalue weighted by Crippen LogP contribution is 2.35. The van der Waals surface area contributed by atoms with Crippen molar-refractivity contribution >= 4 is 23.4 Å². The molecule has 2 rings (SSSR count). The van der Waals surface area contributed by atoms with Gasteiger partial charge in [0.1, 0.15) is 0 Å². The number of carboxylic acids is 1. The van der Waals surface area contributed by atoms with Gasteiger partial charge in [0.2, 0.25) is 0 Å². The fourth-order valence-electron chi connectivity index (χ4n) is 3.44. The molecule has 0 aliphatic heterocycles. The molecule has 0 aromatic carbocycles. The van der Waals surface area contributed by atoms with Gasteiger partial charge in [-0.3, -0.25) is 4.79 Å². The minimum absolute atomic E-state index is 0.0561. The van der Waals surface area contributed by atoms with Crippen molar-refractivity contribution in [1.82, 2.24) is 5.32 Å². The number of aliphatic hydroxyl groups is 2. The van der Waals surface area contributed by atoms with Crippen molar-refractivity contribution in [2.75, 3.05) is 13.2 Å². The Morgan fingerprint density at radius 1 is 1.25 bits per heavy atom. The zero-order valence-electron chi connectivity index (χ0n) is 15.8. The maximum Gasteiger partial charge on any atom is 0.407 e. The Bertz CT molecular complexity index is 633. The topological polar surface area (TPSA) is 116 Å². The number of thiophene rings is 1. The van der Waals surface area contributed by atoms with Gasteiger partial charge in [-0.1, -0.05) is 18.2 Å². The van der Waals surface area contributed by atoms with Crippen LogP contribution in [0.1, 0.15) is 37.0 Å². The van der Waals surface area contributed by atoms with Crippen LogP contribution in [0.2, 0.25) is 0 Å². The third-order valence-electron chi connectivity index (χ3n) is 4.99. The van der Waals surface area contributed by atoms with Crippen molar-refractivity contribution < 1.29 is 29.6 Å². The van der Waals surface area contributed by atoms with Crippen LogP contribution in [0.25, 0.3) is 0 Å². The first-order valence-electron chi connectivity index (χ1n) is 9.63. The molecule has 4 atom stereocenters. The van der Waals surface area contributed by atoms with Gasteiger partial charge < -0.3 is 25.4 Å². The number of aliphatic carboxylic acids is 1. The van der Waals surface area contributed by atoms with Crippen LogP contribution in [0.4, 0.5) is 4.79 Å². The maximum atomic E-state index is 11.9. The monoisotopic (exact) mass is 411 g/mol. The number of hydrogen-bond acceptors (Lipinski definition) is 6. The van der Waals surface area contributed by atoms with E-state index in [1.165, 1.54) is 4.88 Å². The largest absolute Gasteiger partial charge is 0.481 e. The minimum Gasteiger partial charge on any atom is -0.481 e. The molecule has 4 N–H and O–H groups in total. The summed E-state index contributed by atoms with van der Waals surface area (Å²) in [6.45, 7) is 0.540. The zero-order chi connectivity index (χ0) is 20.4. The third-order valence-corrected chi connectivity index (χ3v) is 5.92. The summed E-state index contributed by atoms with van der Waals surface area (Å²) < 4.78 is 5.26. The van der Waals surface area contributed by atoms with Gasteiger partial charge >= 0.3 is 12.1 Å². The molecule has 1 aliphatic carbocycles. The molecule has 0 bridgehead atoms. The lowest BCUT2D eigenvalue weighted by molar-refractivity contribution is -0.137. The van der Waals surface area contributed by atoms with E-state index in [4.69, 9.17) is 9.84 Å². The van der Waals surface area contributed by atoms with Crippen LogP contribution < -0.4 is 5.32 Å². The van der Waals surface area contributed by atoms with E-state index >= 15 is 0 Å². The second-order valence-electron chi connectivity index (χ2n) is 7.05. The summed E-state index contributed by atoms with van der Waals surface area (Å²) in [4.78, 5) is 23.5. The highest BCUT2D eigenvalue weighted by atomic mass is 32.1. The number of amides is 1. The SMILES string of the molecule is O=C(O)CCC/C=C\C[C@H]1C(O)CC(O)[C@@H]1COC(=O)NCCc1cccs1. The van der Waals surface area contributed by atoms with E-state index in [2.05, 4.69) is 5.32 Å². The van der Waals surface area contributed by atoms with Gasteiger partial charge in [-0.05, 0) is 49.5 Å². The van der Waals surface area contributed by atoms with Crippen LogP contribution in [0.15, 0.2) is 29.7 Å². The molecule has 2 unspecified atom stereocenters. The van der Waals surface area contributed by atoms with E-state index in [1.54, 1.807) is 11.3 Å². The first-order chi connectivity index (χ1) is 13.5. The molecule has 1 fully saturated rings. The Labute approximate surface area is 169 Å². The molecular weight excluding hydrogens is 382 g/mol. The number of nitrogens with one attached hydrogen (secondary N) is 1. The molecule has 1 heterocycles. The molecule has 1 amide bonds. The van der Waals surface area contributed by atoms with Crippen molar-refractivity contribution in [2.24, 2.45) is 11.8 Å². The summed E-state index contributed by atoms with van der Waals surface area (Å²) in [5.74, 6) is -1.32. The van der Waals surface area contributed by atoms with Crippen molar-refractivity contribution in [1.29, 1.82) is 0 Å². The third kappa shape index (κ3) is 7.61. The zero-order valence-corrected chi connectivity index (χ0v) is 16.6. The maximum absolute atomic E-state index is 11.9. The molecule has 1 aliphatic rings. The summed E-state index contributed by atoms with van der Waals surface area (Å²) in [5.41, 5.74) is 0. The standard InChI is InChI=1S/C20H29NO6S/c22-17-12-18(23)16(15(17)7-3-1-2-4-8-19(24)25)13-27-20(26)21-10-9-14-6-5-11-28-14/h1,3,5-6,11,15-18,22-23H,2,4,7-10,12-13H2,(H,21,26)(H,24,25)/b3-1-/t15-,16-,17?,18?/m1/s1. The lowest BCUT2D eigenvalue weighted by Gasteiger charge is -2.22. The predicted octanol–water partition coefficient (Wildman–Crippen LogP) is 2.58. The molecule has 1 saturated carbocycles. The number of rotatable bonds is 11. The number of alkyl carbamates (subject to hydrolysis) is 1. The fourth-order valence-corrected chi connectivity index (χ4v) is 4.15.